The molecule has 1 saturated heterocycles. The fourth-order valence-electron chi connectivity index (χ4n) is 2.68. The molecule has 0 radical (unpaired) electrons. The Hall–Kier alpha value is -2.02. The van der Waals surface area contributed by atoms with Crippen LogP contribution >= 0.6 is 0 Å². The van der Waals surface area contributed by atoms with Crippen LogP contribution in [0.1, 0.15) is 36.5 Å². The Labute approximate surface area is 146 Å². The van der Waals surface area contributed by atoms with Crippen molar-refractivity contribution in [2.24, 2.45) is 0 Å². The Morgan fingerprint density at radius 2 is 1.72 bits per heavy atom. The Kier molecular flexibility index (Phi) is 7.31. The molecule has 5 nitrogen and oxygen atoms in total. The van der Waals surface area contributed by atoms with Crippen LogP contribution in [0.25, 0.3) is 0 Å². The second-order valence-electron chi connectivity index (χ2n) is 6.06. The van der Waals surface area contributed by atoms with Crippen LogP contribution in [0, 0.1) is 11.6 Å². The van der Waals surface area contributed by atoms with Crippen LogP contribution in [0.2, 0.25) is 0 Å². The lowest BCUT2D eigenvalue weighted by Gasteiger charge is -2.34. The zero-order valence-electron chi connectivity index (χ0n) is 14.5. The summed E-state index contributed by atoms with van der Waals surface area (Å²) < 4.78 is 31.6. The Morgan fingerprint density at radius 3 is 2.36 bits per heavy atom. The number of nitrogens with zero attached hydrogens (tertiary/aromatic N) is 2. The number of carbonyl (C=O) groups excluding carboxylic acids is 2. The zero-order chi connectivity index (χ0) is 18.2. The number of carbonyl (C=O) groups is 2. The summed E-state index contributed by atoms with van der Waals surface area (Å²) in [5.41, 5.74) is 0.109. The van der Waals surface area contributed by atoms with Gasteiger partial charge in [0.1, 0.15) is 6.61 Å². The highest BCUT2D eigenvalue weighted by Gasteiger charge is 2.25. The van der Waals surface area contributed by atoms with E-state index in [0.717, 1.165) is 31.4 Å². The summed E-state index contributed by atoms with van der Waals surface area (Å²) in [4.78, 5) is 27.6. The van der Waals surface area contributed by atoms with Crippen LogP contribution in [0.3, 0.4) is 0 Å². The highest BCUT2D eigenvalue weighted by molar-refractivity contribution is 5.94. The average Bonchev–Trinajstić information content (AvgIpc) is 2.63. The van der Waals surface area contributed by atoms with Crippen molar-refractivity contribution in [2.75, 3.05) is 39.4 Å². The quantitative estimate of drug-likeness (QED) is 0.707. The van der Waals surface area contributed by atoms with E-state index < -0.39 is 11.6 Å². The SMILES string of the molecule is CCCCCOCC(=O)N1CCN(C(=O)c2ccc(F)c(F)c2)CC1. The lowest BCUT2D eigenvalue weighted by atomic mass is 10.1. The molecule has 138 valence electrons. The molecule has 1 aromatic carbocycles. The summed E-state index contributed by atoms with van der Waals surface area (Å²) in [6.45, 7) is 4.28. The molecule has 0 aromatic heterocycles. The van der Waals surface area contributed by atoms with Gasteiger partial charge in [-0.3, -0.25) is 9.59 Å². The molecule has 1 aromatic rings. The summed E-state index contributed by atoms with van der Waals surface area (Å²) in [7, 11) is 0. The molecular weight excluding hydrogens is 330 g/mol. The monoisotopic (exact) mass is 354 g/mol. The van der Waals surface area contributed by atoms with Gasteiger partial charge in [0.2, 0.25) is 5.91 Å². The number of piperazine rings is 1. The van der Waals surface area contributed by atoms with E-state index in [-0.39, 0.29) is 24.0 Å². The molecule has 0 unspecified atom stereocenters. The lowest BCUT2D eigenvalue weighted by Crippen LogP contribution is -2.51. The largest absolute Gasteiger partial charge is 0.372 e. The van der Waals surface area contributed by atoms with Gasteiger partial charge < -0.3 is 14.5 Å². The van der Waals surface area contributed by atoms with E-state index in [1.807, 2.05) is 0 Å². The number of hydrogen-bond donors (Lipinski definition) is 0. The smallest absolute Gasteiger partial charge is 0.254 e. The molecule has 1 heterocycles. The zero-order valence-corrected chi connectivity index (χ0v) is 14.5. The van der Waals surface area contributed by atoms with Crippen molar-refractivity contribution in [1.29, 1.82) is 0 Å². The molecule has 0 atom stereocenters. The molecule has 0 spiro atoms. The first-order valence-electron chi connectivity index (χ1n) is 8.62. The van der Waals surface area contributed by atoms with Crippen molar-refractivity contribution in [3.8, 4) is 0 Å². The van der Waals surface area contributed by atoms with Gasteiger partial charge in [-0.25, -0.2) is 8.78 Å². The van der Waals surface area contributed by atoms with Crippen LogP contribution in [-0.2, 0) is 9.53 Å². The number of halogens is 2. The van der Waals surface area contributed by atoms with Gasteiger partial charge >= 0.3 is 0 Å². The van der Waals surface area contributed by atoms with Gasteiger partial charge in [0.15, 0.2) is 11.6 Å². The summed E-state index contributed by atoms with van der Waals surface area (Å²) in [6.07, 6.45) is 3.13. The van der Waals surface area contributed by atoms with E-state index in [2.05, 4.69) is 6.92 Å². The van der Waals surface area contributed by atoms with Crippen molar-refractivity contribution in [2.45, 2.75) is 26.2 Å². The Morgan fingerprint density at radius 1 is 1.04 bits per heavy atom. The van der Waals surface area contributed by atoms with Crippen LogP contribution in [0.5, 0.6) is 0 Å². The molecule has 2 amide bonds. The van der Waals surface area contributed by atoms with E-state index in [9.17, 15) is 18.4 Å². The maximum Gasteiger partial charge on any atom is 0.254 e. The van der Waals surface area contributed by atoms with Gasteiger partial charge in [-0.15, -0.1) is 0 Å². The maximum absolute atomic E-state index is 13.3. The van der Waals surface area contributed by atoms with Gasteiger partial charge in [0.25, 0.3) is 5.91 Å². The molecule has 2 rings (SSSR count). The second kappa shape index (κ2) is 9.46. The number of rotatable bonds is 7. The van der Waals surface area contributed by atoms with E-state index >= 15 is 0 Å². The minimum absolute atomic E-state index is 0.0564. The lowest BCUT2D eigenvalue weighted by molar-refractivity contribution is -0.137. The highest BCUT2D eigenvalue weighted by atomic mass is 19.2. The van der Waals surface area contributed by atoms with Gasteiger partial charge in [-0.1, -0.05) is 19.8 Å². The van der Waals surface area contributed by atoms with Gasteiger partial charge in [-0.2, -0.15) is 0 Å². The van der Waals surface area contributed by atoms with E-state index in [0.29, 0.717) is 32.8 Å². The molecule has 25 heavy (non-hydrogen) atoms. The number of amides is 2. The van der Waals surface area contributed by atoms with E-state index in [1.54, 1.807) is 9.80 Å². The molecule has 7 heteroatoms. The van der Waals surface area contributed by atoms with Crippen molar-refractivity contribution >= 4 is 11.8 Å². The first kappa shape index (κ1) is 19.3. The van der Waals surface area contributed by atoms with Crippen molar-refractivity contribution in [3.05, 3.63) is 35.4 Å². The molecule has 1 aliphatic heterocycles. The topological polar surface area (TPSA) is 49.9 Å². The predicted molar refractivity (Wildman–Crippen MR) is 89.2 cm³/mol. The number of benzene rings is 1. The molecular formula is C18H24F2N2O3. The van der Waals surface area contributed by atoms with Crippen LogP contribution in [0.4, 0.5) is 8.78 Å². The number of ether oxygens (including phenoxy) is 1. The normalized spacial score (nSPS) is 14.7. The highest BCUT2D eigenvalue weighted by Crippen LogP contribution is 2.13. The third kappa shape index (κ3) is 5.49. The minimum Gasteiger partial charge on any atom is -0.372 e. The molecule has 0 saturated carbocycles. The van der Waals surface area contributed by atoms with E-state index in [1.165, 1.54) is 6.07 Å². The van der Waals surface area contributed by atoms with Crippen LogP contribution in [-0.4, -0.2) is 61.0 Å². The van der Waals surface area contributed by atoms with E-state index in [4.69, 9.17) is 4.74 Å². The molecule has 0 bridgehead atoms. The van der Waals surface area contributed by atoms with Gasteiger partial charge in [0, 0.05) is 38.3 Å². The molecule has 0 N–H and O–H groups in total. The summed E-state index contributed by atoms with van der Waals surface area (Å²) in [5.74, 6) is -2.47. The van der Waals surface area contributed by atoms with Crippen molar-refractivity contribution < 1.29 is 23.1 Å². The fourth-order valence-corrected chi connectivity index (χ4v) is 2.68. The Bertz CT molecular complexity index is 602. The summed E-state index contributed by atoms with van der Waals surface area (Å²) >= 11 is 0. The number of hydrogen-bond acceptors (Lipinski definition) is 3. The van der Waals surface area contributed by atoms with Gasteiger partial charge in [-0.05, 0) is 24.6 Å². The molecule has 1 aliphatic rings. The average molecular weight is 354 g/mol. The van der Waals surface area contributed by atoms with Crippen LogP contribution < -0.4 is 0 Å². The third-order valence-corrected chi connectivity index (χ3v) is 4.20. The Balaban J connectivity index is 1.77. The number of unbranched alkanes of at least 4 members (excludes halogenated alkanes) is 2. The van der Waals surface area contributed by atoms with Gasteiger partial charge in [0.05, 0.1) is 0 Å². The van der Waals surface area contributed by atoms with Crippen molar-refractivity contribution in [1.82, 2.24) is 9.80 Å². The minimum atomic E-state index is -1.04. The standard InChI is InChI=1S/C18H24F2N2O3/c1-2-3-4-11-25-13-17(23)21-7-9-22(10-8-21)18(24)14-5-6-15(19)16(20)12-14/h5-6,12H,2-4,7-11,13H2,1H3. The first-order chi connectivity index (χ1) is 12.0. The third-order valence-electron chi connectivity index (χ3n) is 4.20. The molecule has 0 aliphatic carbocycles. The summed E-state index contributed by atoms with van der Waals surface area (Å²) in [5, 5.41) is 0. The second-order valence-corrected chi connectivity index (χ2v) is 6.06. The van der Waals surface area contributed by atoms with Crippen molar-refractivity contribution in [3.63, 3.8) is 0 Å². The van der Waals surface area contributed by atoms with Crippen LogP contribution in [0.15, 0.2) is 18.2 Å². The molecule has 1 fully saturated rings. The first-order valence-corrected chi connectivity index (χ1v) is 8.62. The predicted octanol–water partition coefficient (Wildman–Crippen LogP) is 2.46. The summed E-state index contributed by atoms with van der Waals surface area (Å²) in [6, 6.07) is 3.11. The maximum atomic E-state index is 13.3. The fraction of sp³-hybridized carbons (Fsp3) is 0.556.